The van der Waals surface area contributed by atoms with Crippen LogP contribution in [-0.2, 0) is 0 Å². The molecule has 0 bridgehead atoms. The molecule has 0 saturated carbocycles. The summed E-state index contributed by atoms with van der Waals surface area (Å²) in [7, 11) is 0. The molecule has 0 spiro atoms. The zero-order valence-corrected chi connectivity index (χ0v) is 21.5. The van der Waals surface area contributed by atoms with Gasteiger partial charge >= 0.3 is 0 Å². The molecular weight excluding hydrogens is 518 g/mol. The van der Waals surface area contributed by atoms with E-state index in [1.807, 2.05) is 60.7 Å². The zero-order valence-electron chi connectivity index (χ0n) is 21.5. The van der Waals surface area contributed by atoms with E-state index in [1.165, 1.54) is 24.3 Å². The highest BCUT2D eigenvalue weighted by Crippen LogP contribution is 2.31. The fourth-order valence-corrected chi connectivity index (χ4v) is 4.73. The lowest BCUT2D eigenvalue weighted by molar-refractivity contribution is 0.627. The van der Waals surface area contributed by atoms with E-state index in [0.717, 1.165) is 33.7 Å². The van der Waals surface area contributed by atoms with Crippen molar-refractivity contribution < 1.29 is 8.78 Å². The van der Waals surface area contributed by atoms with E-state index in [4.69, 9.17) is 15.0 Å². The fraction of sp³-hybridized carbons (Fsp3) is 0. The lowest BCUT2D eigenvalue weighted by Crippen LogP contribution is -2.01. The summed E-state index contributed by atoms with van der Waals surface area (Å²) in [5.41, 5.74) is 5.56. The maximum absolute atomic E-state index is 13.7. The smallest absolute Gasteiger partial charge is 0.164 e. The molecule has 7 rings (SSSR count). The highest BCUT2D eigenvalue weighted by molar-refractivity contribution is 5.84. The Bertz CT molecular complexity index is 1940. The van der Waals surface area contributed by atoms with Crippen LogP contribution in [-0.4, -0.2) is 29.5 Å². The van der Waals surface area contributed by atoms with Crippen molar-refractivity contribution in [3.05, 3.63) is 133 Å². The van der Waals surface area contributed by atoms with Gasteiger partial charge in [-0.15, -0.1) is 0 Å². The van der Waals surface area contributed by atoms with Crippen LogP contribution in [0.1, 0.15) is 0 Å². The number of hydrogen-bond donors (Lipinski definition) is 0. The quantitative estimate of drug-likeness (QED) is 0.226. The van der Waals surface area contributed by atoms with Crippen molar-refractivity contribution >= 4 is 11.0 Å². The zero-order chi connectivity index (χ0) is 27.8. The van der Waals surface area contributed by atoms with Crippen LogP contribution >= 0.6 is 0 Å². The molecule has 8 heteroatoms. The van der Waals surface area contributed by atoms with Crippen LogP contribution < -0.4 is 0 Å². The van der Waals surface area contributed by atoms with Crippen molar-refractivity contribution in [2.75, 3.05) is 0 Å². The van der Waals surface area contributed by atoms with E-state index in [0.29, 0.717) is 28.6 Å². The summed E-state index contributed by atoms with van der Waals surface area (Å²) in [6.45, 7) is 0. The van der Waals surface area contributed by atoms with Gasteiger partial charge in [0.25, 0.3) is 0 Å². The molecule has 0 saturated heterocycles. The van der Waals surface area contributed by atoms with Crippen molar-refractivity contribution in [3.63, 3.8) is 0 Å². The lowest BCUT2D eigenvalue weighted by atomic mass is 10.1. The fourth-order valence-electron chi connectivity index (χ4n) is 4.73. The summed E-state index contributed by atoms with van der Waals surface area (Å²) in [4.78, 5) is 23.4. The Labute approximate surface area is 233 Å². The van der Waals surface area contributed by atoms with E-state index < -0.39 is 0 Å². The topological polar surface area (TPSA) is 69.4 Å². The third-order valence-electron chi connectivity index (χ3n) is 6.68. The number of imidazole rings is 1. The molecule has 0 atom stereocenters. The third-order valence-corrected chi connectivity index (χ3v) is 6.68. The molecule has 0 N–H and O–H groups in total. The number of halogens is 2. The first-order valence-electron chi connectivity index (χ1n) is 12.9. The van der Waals surface area contributed by atoms with Crippen molar-refractivity contribution in [2.24, 2.45) is 0 Å². The summed E-state index contributed by atoms with van der Waals surface area (Å²) in [6.07, 6.45) is 3.54. The van der Waals surface area contributed by atoms with Crippen molar-refractivity contribution in [2.45, 2.75) is 0 Å². The maximum Gasteiger partial charge on any atom is 0.164 e. The third kappa shape index (κ3) is 4.72. The number of fused-ring (bicyclic) bond motifs is 1. The number of pyridine rings is 1. The molecule has 3 heterocycles. The second-order valence-corrected chi connectivity index (χ2v) is 9.37. The Morgan fingerprint density at radius 1 is 0.512 bits per heavy atom. The number of nitrogens with zero attached hydrogens (tertiary/aromatic N) is 6. The van der Waals surface area contributed by atoms with E-state index >= 15 is 0 Å². The van der Waals surface area contributed by atoms with E-state index in [1.54, 1.807) is 36.7 Å². The number of para-hydroxylation sites is 2. The normalized spacial score (nSPS) is 11.2. The van der Waals surface area contributed by atoms with E-state index in [-0.39, 0.29) is 11.6 Å². The van der Waals surface area contributed by atoms with Crippen molar-refractivity contribution in [1.29, 1.82) is 0 Å². The molecule has 0 amide bonds. The molecule has 4 aromatic carbocycles. The van der Waals surface area contributed by atoms with Gasteiger partial charge < -0.3 is 0 Å². The Morgan fingerprint density at radius 2 is 1.12 bits per heavy atom. The average Bonchev–Trinajstić information content (AvgIpc) is 3.42. The molecule has 0 aliphatic rings. The number of benzene rings is 4. The van der Waals surface area contributed by atoms with E-state index in [2.05, 4.69) is 14.5 Å². The van der Waals surface area contributed by atoms with Gasteiger partial charge in [-0.3, -0.25) is 9.55 Å². The van der Waals surface area contributed by atoms with Crippen LogP contribution in [0.3, 0.4) is 0 Å². The molecule has 0 fully saturated rings. The molecule has 7 aromatic rings. The van der Waals surface area contributed by atoms with Gasteiger partial charge in [0.2, 0.25) is 0 Å². The number of aromatic nitrogens is 6. The van der Waals surface area contributed by atoms with Crippen molar-refractivity contribution in [3.8, 4) is 51.2 Å². The predicted octanol–water partition coefficient (Wildman–Crippen LogP) is 7.55. The summed E-state index contributed by atoms with van der Waals surface area (Å²) >= 11 is 0. The standard InChI is InChI=1S/C33H20F2N6/c34-25-14-10-21(11-15-25)30-38-31(22-12-16-26(35)17-13-22)40-32(39-30)23-5-3-6-24(19-23)33-37-28-8-1-2-9-29(28)41(33)27-7-4-18-36-20-27/h1-20H. The average molecular weight is 539 g/mol. The van der Waals surface area contributed by atoms with Crippen molar-refractivity contribution in [1.82, 2.24) is 29.5 Å². The van der Waals surface area contributed by atoms with Gasteiger partial charge in [-0.25, -0.2) is 28.7 Å². The van der Waals surface area contributed by atoms with Crippen LogP contribution in [0.2, 0.25) is 0 Å². The highest BCUT2D eigenvalue weighted by atomic mass is 19.1. The van der Waals surface area contributed by atoms with Gasteiger partial charge in [0.1, 0.15) is 17.5 Å². The van der Waals surface area contributed by atoms with Gasteiger partial charge in [-0.05, 0) is 78.9 Å². The molecule has 6 nitrogen and oxygen atoms in total. The minimum absolute atomic E-state index is 0.356. The van der Waals surface area contributed by atoms with Gasteiger partial charge in [-0.2, -0.15) is 0 Å². The SMILES string of the molecule is Fc1ccc(-c2nc(-c3ccc(F)cc3)nc(-c3cccc(-c4nc5ccccc5n4-c4cccnc4)c3)n2)cc1. The number of hydrogen-bond acceptors (Lipinski definition) is 5. The van der Waals surface area contributed by atoms with Crippen LogP contribution in [0.25, 0.3) is 62.3 Å². The van der Waals surface area contributed by atoms with Gasteiger partial charge in [0.05, 0.1) is 22.9 Å². The second kappa shape index (κ2) is 10.2. The monoisotopic (exact) mass is 538 g/mol. The summed E-state index contributed by atoms with van der Waals surface area (Å²) in [5, 5.41) is 0. The van der Waals surface area contributed by atoms with Gasteiger partial charge in [0.15, 0.2) is 17.5 Å². The minimum atomic E-state index is -0.356. The first kappa shape index (κ1) is 24.4. The van der Waals surface area contributed by atoms with Crippen LogP contribution in [0, 0.1) is 11.6 Å². The molecule has 41 heavy (non-hydrogen) atoms. The molecule has 0 aliphatic heterocycles. The first-order chi connectivity index (χ1) is 20.1. The van der Waals surface area contributed by atoms with Crippen LogP contribution in [0.15, 0.2) is 122 Å². The van der Waals surface area contributed by atoms with Crippen LogP contribution in [0.5, 0.6) is 0 Å². The minimum Gasteiger partial charge on any atom is -0.291 e. The Kier molecular flexibility index (Phi) is 6.05. The molecule has 0 aliphatic carbocycles. The summed E-state index contributed by atoms with van der Waals surface area (Å²) < 4.78 is 29.4. The maximum atomic E-state index is 13.7. The number of rotatable bonds is 5. The Hall–Kier alpha value is -5.63. The molecule has 196 valence electrons. The van der Waals surface area contributed by atoms with Gasteiger partial charge in [0, 0.05) is 28.5 Å². The molecule has 0 radical (unpaired) electrons. The largest absolute Gasteiger partial charge is 0.291 e. The lowest BCUT2D eigenvalue weighted by Gasteiger charge is -2.11. The van der Waals surface area contributed by atoms with E-state index in [9.17, 15) is 8.78 Å². The highest BCUT2D eigenvalue weighted by Gasteiger charge is 2.17. The Balaban J connectivity index is 1.40. The second-order valence-electron chi connectivity index (χ2n) is 9.37. The van der Waals surface area contributed by atoms with Gasteiger partial charge in [-0.1, -0.05) is 30.3 Å². The predicted molar refractivity (Wildman–Crippen MR) is 154 cm³/mol. The molecular formula is C33H20F2N6. The first-order valence-corrected chi connectivity index (χ1v) is 12.9. The van der Waals surface area contributed by atoms with Crippen LogP contribution in [0.4, 0.5) is 8.78 Å². The molecule has 3 aromatic heterocycles. The Morgan fingerprint density at radius 3 is 1.76 bits per heavy atom. The molecule has 0 unspecified atom stereocenters. The summed E-state index contributed by atoms with van der Waals surface area (Å²) in [6, 6.07) is 31.6. The summed E-state index contributed by atoms with van der Waals surface area (Å²) in [5.74, 6) is 1.21.